The van der Waals surface area contributed by atoms with Crippen molar-refractivity contribution in [1.29, 1.82) is 0 Å². The van der Waals surface area contributed by atoms with Crippen molar-refractivity contribution in [2.75, 3.05) is 19.1 Å². The quantitative estimate of drug-likeness (QED) is 0.395. The van der Waals surface area contributed by atoms with E-state index in [1.807, 2.05) is 18.2 Å². The van der Waals surface area contributed by atoms with Crippen LogP contribution in [-0.2, 0) is 30.8 Å². The van der Waals surface area contributed by atoms with E-state index in [2.05, 4.69) is 20.2 Å². The molecule has 8 nitrogen and oxygen atoms in total. The summed E-state index contributed by atoms with van der Waals surface area (Å²) in [5.74, 6) is 1.09. The molecule has 0 atom stereocenters. The normalized spacial score (nSPS) is 14.6. The zero-order chi connectivity index (χ0) is 23.5. The number of halogens is 1. The van der Waals surface area contributed by atoms with Crippen molar-refractivity contribution >= 4 is 17.7 Å². The number of nitrogens with one attached hydrogen (secondary N) is 2. The van der Waals surface area contributed by atoms with Crippen LogP contribution in [0.5, 0.6) is 11.5 Å². The lowest BCUT2D eigenvalue weighted by Crippen LogP contribution is -2.35. The van der Waals surface area contributed by atoms with E-state index in [0.29, 0.717) is 48.3 Å². The maximum absolute atomic E-state index is 13.1. The van der Waals surface area contributed by atoms with Gasteiger partial charge in [0.1, 0.15) is 5.82 Å². The summed E-state index contributed by atoms with van der Waals surface area (Å²) < 4.78 is 23.8. The molecule has 0 fully saturated rings. The Bertz CT molecular complexity index is 1260. The average molecular weight is 483 g/mol. The molecule has 0 spiro atoms. The number of nitrogens with zero attached hydrogens (tertiary/aromatic N) is 2. The third-order valence-corrected chi connectivity index (χ3v) is 6.59. The number of aromatic nitrogens is 2. The first-order valence-electron chi connectivity index (χ1n) is 10.9. The van der Waals surface area contributed by atoms with Crippen LogP contribution in [0.1, 0.15) is 22.4 Å². The molecule has 10 heteroatoms. The Kier molecular flexibility index (Phi) is 6.50. The average Bonchev–Trinajstić information content (AvgIpc) is 3.31. The topological polar surface area (TPSA) is 96.6 Å². The van der Waals surface area contributed by atoms with Crippen molar-refractivity contribution in [2.45, 2.75) is 31.2 Å². The zero-order valence-electron chi connectivity index (χ0n) is 18.3. The molecular weight excluding hydrogens is 459 g/mol. The molecule has 2 aliphatic rings. The van der Waals surface area contributed by atoms with Gasteiger partial charge in [-0.1, -0.05) is 30.0 Å². The Morgan fingerprint density at radius 3 is 2.79 bits per heavy atom. The maximum Gasteiger partial charge on any atom is 0.256 e. The van der Waals surface area contributed by atoms with Gasteiger partial charge in [-0.2, -0.15) is 0 Å². The summed E-state index contributed by atoms with van der Waals surface area (Å²) in [6.45, 7) is 2.45. The number of H-pyrrole nitrogens is 1. The summed E-state index contributed by atoms with van der Waals surface area (Å²) in [4.78, 5) is 34.5. The van der Waals surface area contributed by atoms with Crippen molar-refractivity contribution in [1.82, 2.24) is 20.2 Å². The first-order valence-corrected chi connectivity index (χ1v) is 11.9. The minimum absolute atomic E-state index is 0.142. The summed E-state index contributed by atoms with van der Waals surface area (Å²) in [5, 5.41) is 3.30. The monoisotopic (exact) mass is 482 g/mol. The molecule has 176 valence electrons. The molecular formula is C24H23FN4O4S. The minimum Gasteiger partial charge on any atom is -0.454 e. The van der Waals surface area contributed by atoms with Crippen LogP contribution in [0.15, 0.2) is 52.4 Å². The van der Waals surface area contributed by atoms with E-state index in [0.717, 1.165) is 23.4 Å². The fraction of sp³-hybridized carbons (Fsp3) is 0.292. The number of aromatic amines is 1. The molecule has 1 amide bonds. The minimum atomic E-state index is -0.264. The van der Waals surface area contributed by atoms with Gasteiger partial charge in [0.25, 0.3) is 5.56 Å². The highest BCUT2D eigenvalue weighted by Crippen LogP contribution is 2.32. The lowest BCUT2D eigenvalue weighted by Gasteiger charge is -2.27. The van der Waals surface area contributed by atoms with Gasteiger partial charge in [0, 0.05) is 32.6 Å². The van der Waals surface area contributed by atoms with Crippen LogP contribution in [0, 0.1) is 5.82 Å². The number of hydrogen-bond acceptors (Lipinski definition) is 7. The molecule has 1 aromatic heterocycles. The molecule has 0 radical (unpaired) electrons. The molecule has 2 aliphatic heterocycles. The Balaban J connectivity index is 1.14. The van der Waals surface area contributed by atoms with E-state index < -0.39 is 0 Å². The lowest BCUT2D eigenvalue weighted by molar-refractivity contribution is -0.118. The number of rotatable bonds is 7. The fourth-order valence-electron chi connectivity index (χ4n) is 3.95. The first-order chi connectivity index (χ1) is 16.5. The molecule has 0 saturated carbocycles. The van der Waals surface area contributed by atoms with Crippen molar-refractivity contribution in [3.8, 4) is 11.5 Å². The Labute approximate surface area is 199 Å². The molecule has 0 bridgehead atoms. The van der Waals surface area contributed by atoms with Gasteiger partial charge in [0.15, 0.2) is 16.7 Å². The number of amides is 1. The third-order valence-electron chi connectivity index (χ3n) is 5.71. The molecule has 2 aromatic carbocycles. The predicted molar refractivity (Wildman–Crippen MR) is 124 cm³/mol. The number of carbonyl (C=O) groups excluding carboxylic acids is 1. The van der Waals surface area contributed by atoms with E-state index >= 15 is 0 Å². The number of benzene rings is 2. The van der Waals surface area contributed by atoms with Crippen LogP contribution < -0.4 is 20.3 Å². The maximum atomic E-state index is 13.1. The number of ether oxygens (including phenoxy) is 2. The summed E-state index contributed by atoms with van der Waals surface area (Å²) in [6.07, 6.45) is 0.643. The highest BCUT2D eigenvalue weighted by molar-refractivity contribution is 7.99. The van der Waals surface area contributed by atoms with Crippen LogP contribution in [0.2, 0.25) is 0 Å². The van der Waals surface area contributed by atoms with Gasteiger partial charge in [0.2, 0.25) is 12.7 Å². The molecule has 3 aromatic rings. The highest BCUT2D eigenvalue weighted by Gasteiger charge is 2.22. The van der Waals surface area contributed by atoms with Crippen molar-refractivity contribution < 1.29 is 18.7 Å². The smallest absolute Gasteiger partial charge is 0.256 e. The van der Waals surface area contributed by atoms with E-state index in [1.54, 1.807) is 12.1 Å². The standard InChI is InChI=1S/C24H23FN4O4S/c25-17-4-1-15(2-5-17)11-29-8-7-19-18(12-29)23(31)28-24(27-19)34-13-22(30)26-10-16-3-6-20-21(9-16)33-14-32-20/h1-6,9H,7-8,10-14H2,(H,26,30)(H,27,28,31). The van der Waals surface area contributed by atoms with Crippen molar-refractivity contribution in [3.05, 3.63) is 81.0 Å². The molecule has 34 heavy (non-hydrogen) atoms. The zero-order valence-corrected chi connectivity index (χ0v) is 19.1. The second-order valence-corrected chi connectivity index (χ2v) is 9.10. The third kappa shape index (κ3) is 5.23. The largest absolute Gasteiger partial charge is 0.454 e. The second kappa shape index (κ2) is 9.86. The number of carbonyl (C=O) groups is 1. The van der Waals surface area contributed by atoms with E-state index in [1.165, 1.54) is 23.9 Å². The summed E-state index contributed by atoms with van der Waals surface area (Å²) in [7, 11) is 0. The van der Waals surface area contributed by atoms with Gasteiger partial charge in [-0.15, -0.1) is 0 Å². The molecule has 0 saturated heterocycles. The summed E-state index contributed by atoms with van der Waals surface area (Å²) in [6, 6.07) is 11.9. The van der Waals surface area contributed by atoms with Crippen LogP contribution in [-0.4, -0.2) is 39.9 Å². The second-order valence-electron chi connectivity index (χ2n) is 8.14. The Morgan fingerprint density at radius 2 is 1.94 bits per heavy atom. The molecule has 5 rings (SSSR count). The van der Waals surface area contributed by atoms with Gasteiger partial charge in [-0.25, -0.2) is 9.37 Å². The van der Waals surface area contributed by atoms with E-state index in [9.17, 15) is 14.0 Å². The summed E-state index contributed by atoms with van der Waals surface area (Å²) >= 11 is 1.20. The predicted octanol–water partition coefficient (Wildman–Crippen LogP) is 2.60. The Hall–Kier alpha value is -3.37. The van der Waals surface area contributed by atoms with E-state index in [4.69, 9.17) is 9.47 Å². The highest BCUT2D eigenvalue weighted by atomic mass is 32.2. The SMILES string of the molecule is O=C(CSc1nc2c(c(=O)[nH]1)CN(Cc1ccc(F)cc1)CC2)NCc1ccc2c(c1)OCO2. The van der Waals surface area contributed by atoms with Crippen LogP contribution in [0.4, 0.5) is 4.39 Å². The van der Waals surface area contributed by atoms with E-state index in [-0.39, 0.29) is 29.8 Å². The lowest BCUT2D eigenvalue weighted by atomic mass is 10.1. The number of thioether (sulfide) groups is 1. The van der Waals surface area contributed by atoms with Crippen LogP contribution >= 0.6 is 11.8 Å². The van der Waals surface area contributed by atoms with Gasteiger partial charge in [-0.3, -0.25) is 14.5 Å². The fourth-order valence-corrected chi connectivity index (χ4v) is 4.66. The van der Waals surface area contributed by atoms with Crippen molar-refractivity contribution in [2.24, 2.45) is 0 Å². The van der Waals surface area contributed by atoms with Gasteiger partial charge < -0.3 is 19.8 Å². The first kappa shape index (κ1) is 22.4. The van der Waals surface area contributed by atoms with Gasteiger partial charge in [-0.05, 0) is 35.4 Å². The number of hydrogen-bond donors (Lipinski definition) is 2. The molecule has 0 aliphatic carbocycles. The Morgan fingerprint density at radius 1 is 1.15 bits per heavy atom. The molecule has 0 unspecified atom stereocenters. The molecule has 3 heterocycles. The van der Waals surface area contributed by atoms with Crippen molar-refractivity contribution in [3.63, 3.8) is 0 Å². The number of fused-ring (bicyclic) bond motifs is 2. The summed E-state index contributed by atoms with van der Waals surface area (Å²) in [5.41, 5.74) is 3.13. The van der Waals surface area contributed by atoms with Crippen LogP contribution in [0.3, 0.4) is 0 Å². The van der Waals surface area contributed by atoms with Gasteiger partial charge >= 0.3 is 0 Å². The van der Waals surface area contributed by atoms with Gasteiger partial charge in [0.05, 0.1) is 17.0 Å². The van der Waals surface area contributed by atoms with Crippen LogP contribution in [0.25, 0.3) is 0 Å². The molecule has 2 N–H and O–H groups in total.